The molecule has 0 aliphatic heterocycles. The summed E-state index contributed by atoms with van der Waals surface area (Å²) in [5.41, 5.74) is 0. The standard InChI is InChI=1S/C62H100O6/c1-4-7-10-13-16-19-22-25-28-30-32-34-37-40-43-46-49-52-55-61(64)67-58-59(57-66-60(63)54-51-48-45-42-39-36-33-27-24-21-18-15-12-9-6-3)68-62(65)56-53-50-47-44-41-38-35-31-29-26-23-20-17-14-11-8-5-2/h9,12,15,17-18,20-22,24-30,32-34,36,39,59H,4-8,10-11,13-14,16,19,23,31,35,37-38,40-58H2,1-3H3/b12-9-,18-15-,20-17-,24-21-,25-22-,29-26-,30-28-,33-27-,34-32-,39-36-. The largest absolute Gasteiger partial charge is 0.462 e. The summed E-state index contributed by atoms with van der Waals surface area (Å²) in [6, 6.07) is 0. The van der Waals surface area contributed by atoms with Crippen LogP contribution in [0.4, 0.5) is 0 Å². The van der Waals surface area contributed by atoms with E-state index in [0.717, 1.165) is 109 Å². The summed E-state index contributed by atoms with van der Waals surface area (Å²) in [5.74, 6) is -0.981. The summed E-state index contributed by atoms with van der Waals surface area (Å²) in [7, 11) is 0. The van der Waals surface area contributed by atoms with Crippen LogP contribution in [0.15, 0.2) is 122 Å². The predicted octanol–water partition coefficient (Wildman–Crippen LogP) is 18.5. The lowest BCUT2D eigenvalue weighted by atomic mass is 10.1. The molecule has 0 amide bonds. The Balaban J connectivity index is 4.53. The van der Waals surface area contributed by atoms with Gasteiger partial charge in [-0.05, 0) is 96.3 Å². The minimum Gasteiger partial charge on any atom is -0.462 e. The van der Waals surface area contributed by atoms with E-state index in [2.05, 4.69) is 93.7 Å². The van der Waals surface area contributed by atoms with Gasteiger partial charge in [0.2, 0.25) is 0 Å². The molecule has 0 aromatic carbocycles. The quantitative estimate of drug-likeness (QED) is 0.0199. The van der Waals surface area contributed by atoms with Crippen molar-refractivity contribution in [2.75, 3.05) is 13.2 Å². The lowest BCUT2D eigenvalue weighted by Crippen LogP contribution is -2.30. The molecule has 0 aliphatic carbocycles. The third kappa shape index (κ3) is 52.8. The van der Waals surface area contributed by atoms with Gasteiger partial charge in [0.1, 0.15) is 13.2 Å². The second kappa shape index (κ2) is 55.4. The average Bonchev–Trinajstić information content (AvgIpc) is 3.34. The lowest BCUT2D eigenvalue weighted by Gasteiger charge is -2.18. The molecule has 0 rings (SSSR count). The number of allylic oxidation sites excluding steroid dienone is 20. The summed E-state index contributed by atoms with van der Waals surface area (Å²) < 4.78 is 16.8. The maximum Gasteiger partial charge on any atom is 0.306 e. The zero-order valence-electron chi connectivity index (χ0n) is 43.8. The van der Waals surface area contributed by atoms with Crippen LogP contribution in [0.2, 0.25) is 0 Å². The van der Waals surface area contributed by atoms with Gasteiger partial charge in [0, 0.05) is 19.3 Å². The number of hydrogen-bond acceptors (Lipinski definition) is 6. The van der Waals surface area contributed by atoms with Gasteiger partial charge >= 0.3 is 17.9 Å². The van der Waals surface area contributed by atoms with Crippen LogP contribution >= 0.6 is 0 Å². The minimum absolute atomic E-state index is 0.109. The molecule has 0 saturated heterocycles. The first kappa shape index (κ1) is 63.8. The maximum absolute atomic E-state index is 12.8. The third-order valence-corrected chi connectivity index (χ3v) is 11.4. The van der Waals surface area contributed by atoms with Crippen molar-refractivity contribution in [2.24, 2.45) is 0 Å². The first-order valence-electron chi connectivity index (χ1n) is 27.6. The molecule has 0 saturated carbocycles. The molecule has 0 aromatic rings. The molecular formula is C62H100O6. The Morgan fingerprint density at radius 2 is 0.632 bits per heavy atom. The van der Waals surface area contributed by atoms with Crippen LogP contribution in [0.5, 0.6) is 0 Å². The SMILES string of the molecule is CC\C=C/C=C\C=C/C=C\C=C/CCCCCC(=O)OCC(COC(=O)CCCCCCC\C=C/C=C\C=C/CCCCCCC)OC(=O)CCCCCCCCC/C=C\C/C=C\CCCCC. The van der Waals surface area contributed by atoms with Crippen molar-refractivity contribution in [3.05, 3.63) is 122 Å². The first-order valence-corrected chi connectivity index (χ1v) is 27.6. The first-order chi connectivity index (χ1) is 33.5. The number of esters is 3. The summed E-state index contributed by atoms with van der Waals surface area (Å²) in [6.07, 6.45) is 76.0. The molecule has 384 valence electrons. The molecule has 1 atom stereocenters. The van der Waals surface area contributed by atoms with Crippen molar-refractivity contribution in [2.45, 2.75) is 239 Å². The summed E-state index contributed by atoms with van der Waals surface area (Å²) in [5, 5.41) is 0. The molecule has 0 spiro atoms. The highest BCUT2D eigenvalue weighted by Crippen LogP contribution is 2.13. The highest BCUT2D eigenvalue weighted by Gasteiger charge is 2.19. The van der Waals surface area contributed by atoms with Crippen LogP contribution < -0.4 is 0 Å². The molecule has 0 heterocycles. The van der Waals surface area contributed by atoms with Crippen LogP contribution in [0.3, 0.4) is 0 Å². The topological polar surface area (TPSA) is 78.9 Å². The summed E-state index contributed by atoms with van der Waals surface area (Å²) in [4.78, 5) is 38.1. The Morgan fingerprint density at radius 3 is 1.06 bits per heavy atom. The second-order valence-corrected chi connectivity index (χ2v) is 17.9. The molecule has 1 unspecified atom stereocenters. The zero-order valence-corrected chi connectivity index (χ0v) is 43.8. The molecule has 6 heteroatoms. The van der Waals surface area contributed by atoms with Crippen LogP contribution in [0, 0.1) is 0 Å². The van der Waals surface area contributed by atoms with Gasteiger partial charge in [-0.15, -0.1) is 0 Å². The highest BCUT2D eigenvalue weighted by atomic mass is 16.6. The number of carbonyl (C=O) groups excluding carboxylic acids is 3. The van der Waals surface area contributed by atoms with E-state index < -0.39 is 6.10 Å². The van der Waals surface area contributed by atoms with E-state index in [4.69, 9.17) is 14.2 Å². The van der Waals surface area contributed by atoms with Crippen LogP contribution in [-0.4, -0.2) is 37.2 Å². The smallest absolute Gasteiger partial charge is 0.306 e. The van der Waals surface area contributed by atoms with Crippen molar-refractivity contribution in [1.82, 2.24) is 0 Å². The molecule has 0 aliphatic rings. The van der Waals surface area contributed by atoms with Gasteiger partial charge < -0.3 is 14.2 Å². The Bertz CT molecular complexity index is 1450. The Labute approximate surface area is 418 Å². The van der Waals surface area contributed by atoms with E-state index in [1.165, 1.54) is 83.5 Å². The molecule has 68 heavy (non-hydrogen) atoms. The molecule has 0 aromatic heterocycles. The van der Waals surface area contributed by atoms with E-state index in [9.17, 15) is 14.4 Å². The van der Waals surface area contributed by atoms with Crippen molar-refractivity contribution in [1.29, 1.82) is 0 Å². The number of rotatable bonds is 48. The second-order valence-electron chi connectivity index (χ2n) is 17.9. The van der Waals surface area contributed by atoms with Crippen LogP contribution in [0.1, 0.15) is 233 Å². The van der Waals surface area contributed by atoms with E-state index >= 15 is 0 Å². The molecule has 0 fully saturated rings. The summed E-state index contributed by atoms with van der Waals surface area (Å²) >= 11 is 0. The molecule has 0 bridgehead atoms. The van der Waals surface area contributed by atoms with Crippen molar-refractivity contribution >= 4 is 17.9 Å². The molecule has 0 N–H and O–H groups in total. The van der Waals surface area contributed by atoms with E-state index in [0.29, 0.717) is 19.3 Å². The minimum atomic E-state index is -0.813. The Hall–Kier alpha value is -4.19. The fourth-order valence-electron chi connectivity index (χ4n) is 7.20. The molecule has 0 radical (unpaired) electrons. The molecule has 6 nitrogen and oxygen atoms in total. The predicted molar refractivity (Wildman–Crippen MR) is 293 cm³/mol. The van der Waals surface area contributed by atoms with Gasteiger partial charge in [0.25, 0.3) is 0 Å². The van der Waals surface area contributed by atoms with Crippen molar-refractivity contribution < 1.29 is 28.6 Å². The fourth-order valence-corrected chi connectivity index (χ4v) is 7.20. The summed E-state index contributed by atoms with van der Waals surface area (Å²) in [6.45, 7) is 6.39. The number of hydrogen-bond donors (Lipinski definition) is 0. The van der Waals surface area contributed by atoms with Gasteiger partial charge in [-0.25, -0.2) is 0 Å². The van der Waals surface area contributed by atoms with Gasteiger partial charge in [-0.3, -0.25) is 14.4 Å². The highest BCUT2D eigenvalue weighted by molar-refractivity contribution is 5.71. The van der Waals surface area contributed by atoms with Gasteiger partial charge in [-0.2, -0.15) is 0 Å². The van der Waals surface area contributed by atoms with Crippen molar-refractivity contribution in [3.63, 3.8) is 0 Å². The number of ether oxygens (including phenoxy) is 3. The van der Waals surface area contributed by atoms with Gasteiger partial charge in [0.05, 0.1) is 0 Å². The van der Waals surface area contributed by atoms with Crippen molar-refractivity contribution in [3.8, 4) is 0 Å². The third-order valence-electron chi connectivity index (χ3n) is 11.4. The maximum atomic E-state index is 12.8. The zero-order chi connectivity index (χ0) is 49.3. The Kier molecular flexibility index (Phi) is 52.0. The molecular weight excluding hydrogens is 841 g/mol. The number of unbranched alkanes of at least 4 members (excludes halogenated alkanes) is 23. The van der Waals surface area contributed by atoms with E-state index in [1.54, 1.807) is 0 Å². The van der Waals surface area contributed by atoms with Gasteiger partial charge in [-0.1, -0.05) is 239 Å². The average molecular weight is 941 g/mol. The van der Waals surface area contributed by atoms with E-state index in [-0.39, 0.29) is 31.1 Å². The van der Waals surface area contributed by atoms with E-state index in [1.807, 2.05) is 48.6 Å². The van der Waals surface area contributed by atoms with Crippen LogP contribution in [0.25, 0.3) is 0 Å². The normalized spacial score (nSPS) is 13.0. The van der Waals surface area contributed by atoms with Crippen LogP contribution in [-0.2, 0) is 28.6 Å². The Morgan fingerprint density at radius 1 is 0.324 bits per heavy atom. The van der Waals surface area contributed by atoms with Gasteiger partial charge in [0.15, 0.2) is 6.10 Å². The fraction of sp³-hybridized carbons (Fsp3) is 0.629. The lowest BCUT2D eigenvalue weighted by molar-refractivity contribution is -0.167. The monoisotopic (exact) mass is 941 g/mol. The number of carbonyl (C=O) groups is 3.